The molecule has 0 aromatic carbocycles. The molecule has 5 heteroatoms. The molecule has 1 amide bonds. The SMILES string of the molecule is CC(C)NC(C)(CC(C)n1ccnc1C(C)C)C(N)=O. The van der Waals surface area contributed by atoms with Crippen molar-refractivity contribution in [2.24, 2.45) is 5.73 Å². The zero-order chi connectivity index (χ0) is 15.5. The number of carbonyl (C=O) groups excluding carboxylic acids is 1. The molecule has 0 fully saturated rings. The average molecular weight is 280 g/mol. The van der Waals surface area contributed by atoms with Crippen molar-refractivity contribution >= 4 is 5.91 Å². The van der Waals surface area contributed by atoms with Gasteiger partial charge in [0.1, 0.15) is 5.82 Å². The first-order valence-electron chi connectivity index (χ1n) is 7.27. The van der Waals surface area contributed by atoms with Crippen LogP contribution < -0.4 is 11.1 Å². The zero-order valence-corrected chi connectivity index (χ0v) is 13.5. The van der Waals surface area contributed by atoms with Crippen LogP contribution in [0.1, 0.15) is 65.7 Å². The van der Waals surface area contributed by atoms with Gasteiger partial charge in [-0.05, 0) is 34.1 Å². The number of aromatic nitrogens is 2. The van der Waals surface area contributed by atoms with Crippen LogP contribution in [-0.2, 0) is 4.79 Å². The highest BCUT2D eigenvalue weighted by molar-refractivity contribution is 5.84. The summed E-state index contributed by atoms with van der Waals surface area (Å²) in [5.74, 6) is 1.07. The second-order valence-electron chi connectivity index (χ2n) is 6.40. The molecule has 114 valence electrons. The summed E-state index contributed by atoms with van der Waals surface area (Å²) in [5, 5.41) is 3.29. The summed E-state index contributed by atoms with van der Waals surface area (Å²) in [5.41, 5.74) is 4.88. The normalized spacial score (nSPS) is 16.4. The number of hydrogen-bond acceptors (Lipinski definition) is 3. The number of rotatable bonds is 7. The van der Waals surface area contributed by atoms with Gasteiger partial charge in [0, 0.05) is 30.4 Å². The number of primary amides is 1. The lowest BCUT2D eigenvalue weighted by atomic mass is 9.91. The van der Waals surface area contributed by atoms with Crippen molar-refractivity contribution < 1.29 is 4.79 Å². The molecule has 0 saturated carbocycles. The molecule has 0 aliphatic rings. The number of nitrogens with one attached hydrogen (secondary N) is 1. The van der Waals surface area contributed by atoms with E-state index in [1.807, 2.05) is 33.2 Å². The molecule has 0 spiro atoms. The Morgan fingerprint density at radius 1 is 1.40 bits per heavy atom. The third-order valence-electron chi connectivity index (χ3n) is 3.54. The molecule has 0 saturated heterocycles. The molecule has 5 nitrogen and oxygen atoms in total. The number of amides is 1. The molecule has 20 heavy (non-hydrogen) atoms. The Hall–Kier alpha value is -1.36. The fourth-order valence-electron chi connectivity index (χ4n) is 2.70. The highest BCUT2D eigenvalue weighted by Gasteiger charge is 2.34. The Balaban J connectivity index is 2.94. The van der Waals surface area contributed by atoms with Gasteiger partial charge < -0.3 is 15.6 Å². The van der Waals surface area contributed by atoms with Crippen molar-refractivity contribution in [2.45, 2.75) is 71.5 Å². The van der Waals surface area contributed by atoms with Crippen LogP contribution in [0.4, 0.5) is 0 Å². The van der Waals surface area contributed by atoms with Crippen molar-refractivity contribution in [3.63, 3.8) is 0 Å². The van der Waals surface area contributed by atoms with Crippen molar-refractivity contribution in [3.05, 3.63) is 18.2 Å². The topological polar surface area (TPSA) is 72.9 Å². The lowest BCUT2D eigenvalue weighted by Gasteiger charge is -2.33. The Morgan fingerprint density at radius 2 is 2.00 bits per heavy atom. The van der Waals surface area contributed by atoms with Crippen molar-refractivity contribution in [3.8, 4) is 0 Å². The maximum absolute atomic E-state index is 11.8. The van der Waals surface area contributed by atoms with E-state index in [0.29, 0.717) is 12.3 Å². The van der Waals surface area contributed by atoms with E-state index in [1.54, 1.807) is 0 Å². The number of hydrogen-bond donors (Lipinski definition) is 2. The summed E-state index contributed by atoms with van der Waals surface area (Å²) in [4.78, 5) is 16.2. The molecular formula is C15H28N4O. The van der Waals surface area contributed by atoms with Crippen LogP contribution >= 0.6 is 0 Å². The van der Waals surface area contributed by atoms with Crippen LogP contribution in [0.25, 0.3) is 0 Å². The van der Waals surface area contributed by atoms with Crippen LogP contribution in [0.15, 0.2) is 12.4 Å². The molecule has 2 unspecified atom stereocenters. The molecule has 1 aromatic rings. The third kappa shape index (κ3) is 3.82. The van der Waals surface area contributed by atoms with E-state index < -0.39 is 5.54 Å². The maximum Gasteiger partial charge on any atom is 0.237 e. The summed E-state index contributed by atoms with van der Waals surface area (Å²) in [7, 11) is 0. The minimum Gasteiger partial charge on any atom is -0.368 e. The summed E-state index contributed by atoms with van der Waals surface area (Å²) < 4.78 is 2.13. The summed E-state index contributed by atoms with van der Waals surface area (Å²) >= 11 is 0. The molecule has 0 aliphatic heterocycles. The summed E-state index contributed by atoms with van der Waals surface area (Å²) in [6, 6.07) is 0.353. The lowest BCUT2D eigenvalue weighted by molar-refractivity contribution is -0.124. The minimum absolute atomic E-state index is 0.152. The predicted molar refractivity (Wildman–Crippen MR) is 81.5 cm³/mol. The second-order valence-corrected chi connectivity index (χ2v) is 6.40. The largest absolute Gasteiger partial charge is 0.368 e. The first kappa shape index (κ1) is 16.7. The predicted octanol–water partition coefficient (Wildman–Crippen LogP) is 2.20. The number of carbonyl (C=O) groups is 1. The highest BCUT2D eigenvalue weighted by Crippen LogP contribution is 2.25. The van der Waals surface area contributed by atoms with Gasteiger partial charge in [-0.2, -0.15) is 0 Å². The first-order valence-corrected chi connectivity index (χ1v) is 7.27. The van der Waals surface area contributed by atoms with Crippen molar-refractivity contribution in [1.82, 2.24) is 14.9 Å². The second kappa shape index (κ2) is 6.39. The lowest BCUT2D eigenvalue weighted by Crippen LogP contribution is -2.56. The summed E-state index contributed by atoms with van der Waals surface area (Å²) in [6.45, 7) is 12.2. The van der Waals surface area contributed by atoms with Gasteiger partial charge in [0.25, 0.3) is 0 Å². The first-order chi connectivity index (χ1) is 9.17. The Bertz CT molecular complexity index is 452. The van der Waals surface area contributed by atoms with Gasteiger partial charge in [-0.1, -0.05) is 13.8 Å². The smallest absolute Gasteiger partial charge is 0.237 e. The van der Waals surface area contributed by atoms with E-state index in [1.165, 1.54) is 0 Å². The Kier molecular flexibility index (Phi) is 5.34. The molecule has 3 N–H and O–H groups in total. The average Bonchev–Trinajstić information content (AvgIpc) is 2.76. The fraction of sp³-hybridized carbons (Fsp3) is 0.733. The van der Waals surface area contributed by atoms with E-state index in [0.717, 1.165) is 5.82 Å². The van der Waals surface area contributed by atoms with Crippen LogP contribution in [0.3, 0.4) is 0 Å². The van der Waals surface area contributed by atoms with Gasteiger partial charge in [0.2, 0.25) is 5.91 Å². The number of nitrogens with zero attached hydrogens (tertiary/aromatic N) is 2. The quantitative estimate of drug-likeness (QED) is 0.804. The molecule has 0 aliphatic carbocycles. The molecule has 1 rings (SSSR count). The van der Waals surface area contributed by atoms with Crippen molar-refractivity contribution in [1.29, 1.82) is 0 Å². The van der Waals surface area contributed by atoms with Gasteiger partial charge in [-0.15, -0.1) is 0 Å². The Morgan fingerprint density at radius 3 is 2.45 bits per heavy atom. The van der Waals surface area contributed by atoms with E-state index in [4.69, 9.17) is 5.73 Å². The molecule has 2 atom stereocenters. The van der Waals surface area contributed by atoms with Gasteiger partial charge in [0.05, 0.1) is 5.54 Å². The van der Waals surface area contributed by atoms with E-state index >= 15 is 0 Å². The van der Waals surface area contributed by atoms with Gasteiger partial charge in [0.15, 0.2) is 0 Å². The van der Waals surface area contributed by atoms with E-state index in [2.05, 4.69) is 35.6 Å². The number of imidazole rings is 1. The maximum atomic E-state index is 11.8. The molecular weight excluding hydrogens is 252 g/mol. The standard InChI is InChI=1S/C15H28N4O/c1-10(2)13-17-7-8-19(13)12(5)9-15(6,14(16)20)18-11(3)4/h7-8,10-12,18H,9H2,1-6H3,(H2,16,20). The highest BCUT2D eigenvalue weighted by atomic mass is 16.1. The Labute approximate surface area is 122 Å². The van der Waals surface area contributed by atoms with Crippen molar-refractivity contribution in [2.75, 3.05) is 0 Å². The van der Waals surface area contributed by atoms with E-state index in [9.17, 15) is 4.79 Å². The molecule has 0 bridgehead atoms. The van der Waals surface area contributed by atoms with Gasteiger partial charge >= 0.3 is 0 Å². The third-order valence-corrected chi connectivity index (χ3v) is 3.54. The van der Waals surface area contributed by atoms with E-state index in [-0.39, 0.29) is 18.0 Å². The summed E-state index contributed by atoms with van der Waals surface area (Å²) in [6.07, 6.45) is 4.41. The zero-order valence-electron chi connectivity index (χ0n) is 13.5. The molecule has 0 radical (unpaired) electrons. The van der Waals surface area contributed by atoms with Gasteiger partial charge in [-0.25, -0.2) is 4.98 Å². The monoisotopic (exact) mass is 280 g/mol. The van der Waals surface area contributed by atoms with Crippen LogP contribution in [0, 0.1) is 0 Å². The number of nitrogens with two attached hydrogens (primary N) is 1. The minimum atomic E-state index is -0.716. The van der Waals surface area contributed by atoms with Crippen LogP contribution in [-0.4, -0.2) is 27.0 Å². The molecule has 1 heterocycles. The molecule has 1 aromatic heterocycles. The van der Waals surface area contributed by atoms with Crippen LogP contribution in [0.5, 0.6) is 0 Å². The van der Waals surface area contributed by atoms with Gasteiger partial charge in [-0.3, -0.25) is 4.79 Å². The fourth-order valence-corrected chi connectivity index (χ4v) is 2.70. The van der Waals surface area contributed by atoms with Crippen LogP contribution in [0.2, 0.25) is 0 Å².